The van der Waals surface area contributed by atoms with Crippen molar-refractivity contribution in [3.05, 3.63) is 41.5 Å². The van der Waals surface area contributed by atoms with Gasteiger partial charge in [-0.3, -0.25) is 0 Å². The Kier molecular flexibility index (Phi) is 3.88. The first-order chi connectivity index (χ1) is 9.38. The quantitative estimate of drug-likeness (QED) is 0.839. The molecule has 2 atom stereocenters. The average Bonchev–Trinajstić information content (AvgIpc) is 2.48. The maximum Gasteiger partial charge on any atom is 0.122 e. The number of benzene rings is 1. The second-order valence-corrected chi connectivity index (χ2v) is 5.64. The summed E-state index contributed by atoms with van der Waals surface area (Å²) in [6, 6.07) is 8.90. The first-order valence-electron chi connectivity index (χ1n) is 7.43. The fourth-order valence-corrected chi connectivity index (χ4v) is 3.54. The molecule has 0 amide bonds. The minimum atomic E-state index is 0.510. The van der Waals surface area contributed by atoms with Gasteiger partial charge in [0.2, 0.25) is 0 Å². The molecule has 0 bridgehead atoms. The maximum atomic E-state index is 5.48. The lowest BCUT2D eigenvalue weighted by Gasteiger charge is -2.36. The molecule has 1 aliphatic heterocycles. The van der Waals surface area contributed by atoms with E-state index in [4.69, 9.17) is 4.74 Å². The molecule has 3 rings (SSSR count). The highest BCUT2D eigenvalue weighted by atomic mass is 16.5. The van der Waals surface area contributed by atoms with Gasteiger partial charge in [0.1, 0.15) is 5.75 Å². The predicted octanol–water partition coefficient (Wildman–Crippen LogP) is 3.33. The zero-order valence-corrected chi connectivity index (χ0v) is 11.7. The predicted molar refractivity (Wildman–Crippen MR) is 78.5 cm³/mol. The van der Waals surface area contributed by atoms with E-state index in [1.165, 1.54) is 31.2 Å². The van der Waals surface area contributed by atoms with Crippen LogP contribution in [-0.4, -0.2) is 19.7 Å². The molecule has 2 nitrogen and oxygen atoms in total. The molecule has 1 aromatic carbocycles. The second kappa shape index (κ2) is 5.79. The Morgan fingerprint density at radius 1 is 1.26 bits per heavy atom. The van der Waals surface area contributed by atoms with Crippen molar-refractivity contribution in [2.45, 2.75) is 38.1 Å². The van der Waals surface area contributed by atoms with Crippen LogP contribution in [0.5, 0.6) is 5.75 Å². The molecule has 19 heavy (non-hydrogen) atoms. The minimum absolute atomic E-state index is 0.510. The third kappa shape index (κ3) is 2.69. The summed E-state index contributed by atoms with van der Waals surface area (Å²) in [6.45, 7) is 1.15. The zero-order valence-electron chi connectivity index (χ0n) is 11.7. The van der Waals surface area contributed by atoms with Gasteiger partial charge in [-0.15, -0.1) is 0 Å². The minimum Gasteiger partial charge on any atom is -0.496 e. The van der Waals surface area contributed by atoms with E-state index in [2.05, 4.69) is 29.6 Å². The third-order valence-electron chi connectivity index (χ3n) is 4.51. The van der Waals surface area contributed by atoms with Gasteiger partial charge >= 0.3 is 0 Å². The molecular weight excluding hydrogens is 234 g/mol. The Morgan fingerprint density at radius 3 is 3.05 bits per heavy atom. The summed E-state index contributed by atoms with van der Waals surface area (Å²) in [5.41, 5.74) is 2.97. The number of rotatable bonds is 3. The molecule has 2 aliphatic rings. The van der Waals surface area contributed by atoms with Crippen molar-refractivity contribution >= 4 is 0 Å². The first-order valence-corrected chi connectivity index (χ1v) is 7.43. The molecule has 1 aliphatic carbocycles. The highest BCUT2D eigenvalue weighted by Gasteiger charge is 2.28. The molecule has 1 fully saturated rings. The number of methoxy groups -OCH3 is 1. The molecule has 0 aromatic heterocycles. The summed E-state index contributed by atoms with van der Waals surface area (Å²) in [4.78, 5) is 0. The number of para-hydroxylation sites is 1. The van der Waals surface area contributed by atoms with Crippen LogP contribution < -0.4 is 10.1 Å². The van der Waals surface area contributed by atoms with Gasteiger partial charge in [-0.1, -0.05) is 29.8 Å². The Morgan fingerprint density at radius 2 is 2.16 bits per heavy atom. The Balaban J connectivity index is 1.80. The summed E-state index contributed by atoms with van der Waals surface area (Å²) in [7, 11) is 1.76. The van der Waals surface area contributed by atoms with Gasteiger partial charge in [0.25, 0.3) is 0 Å². The largest absolute Gasteiger partial charge is 0.496 e. The van der Waals surface area contributed by atoms with Gasteiger partial charge in [0.15, 0.2) is 0 Å². The summed E-state index contributed by atoms with van der Waals surface area (Å²) < 4.78 is 5.48. The van der Waals surface area contributed by atoms with E-state index in [0.717, 1.165) is 24.6 Å². The zero-order chi connectivity index (χ0) is 13.1. The molecule has 2 heteroatoms. The van der Waals surface area contributed by atoms with Crippen LogP contribution in [0.2, 0.25) is 0 Å². The van der Waals surface area contributed by atoms with E-state index in [1.807, 2.05) is 6.07 Å². The Bertz CT molecular complexity index is 466. The van der Waals surface area contributed by atoms with Gasteiger partial charge in [-0.2, -0.15) is 0 Å². The van der Waals surface area contributed by atoms with Gasteiger partial charge < -0.3 is 10.1 Å². The lowest BCUT2D eigenvalue weighted by atomic mass is 9.77. The van der Waals surface area contributed by atoms with Crippen LogP contribution in [0.25, 0.3) is 0 Å². The highest BCUT2D eigenvalue weighted by molar-refractivity contribution is 5.36. The summed E-state index contributed by atoms with van der Waals surface area (Å²) >= 11 is 0. The SMILES string of the molecule is COc1ccccc1CC1NCCC2CCCC=C21. The molecule has 1 aromatic rings. The van der Waals surface area contributed by atoms with Crippen molar-refractivity contribution in [2.75, 3.05) is 13.7 Å². The van der Waals surface area contributed by atoms with E-state index in [0.29, 0.717) is 6.04 Å². The number of fused-ring (bicyclic) bond motifs is 1. The smallest absolute Gasteiger partial charge is 0.122 e. The maximum absolute atomic E-state index is 5.48. The van der Waals surface area contributed by atoms with Crippen molar-refractivity contribution in [1.29, 1.82) is 0 Å². The topological polar surface area (TPSA) is 21.3 Å². The Hall–Kier alpha value is -1.28. The van der Waals surface area contributed by atoms with Crippen molar-refractivity contribution in [3.63, 3.8) is 0 Å². The standard InChI is InChI=1S/C17H23NO/c1-19-17-9-5-3-7-14(17)12-16-15-8-4-2-6-13(15)10-11-18-16/h3,5,7-9,13,16,18H,2,4,6,10-12H2,1H3. The van der Waals surface area contributed by atoms with E-state index >= 15 is 0 Å². The van der Waals surface area contributed by atoms with Crippen LogP contribution in [-0.2, 0) is 6.42 Å². The Labute approximate surface area is 115 Å². The molecule has 2 unspecified atom stereocenters. The van der Waals surface area contributed by atoms with Crippen molar-refractivity contribution < 1.29 is 4.74 Å². The van der Waals surface area contributed by atoms with Crippen molar-refractivity contribution in [2.24, 2.45) is 5.92 Å². The molecule has 0 saturated carbocycles. The molecule has 1 N–H and O–H groups in total. The summed E-state index contributed by atoms with van der Waals surface area (Å²) in [5.74, 6) is 1.84. The molecule has 1 heterocycles. The van der Waals surface area contributed by atoms with Gasteiger partial charge in [0.05, 0.1) is 7.11 Å². The number of piperidine rings is 1. The van der Waals surface area contributed by atoms with Crippen LogP contribution in [0.1, 0.15) is 31.2 Å². The molecular formula is C17H23NO. The van der Waals surface area contributed by atoms with E-state index in [9.17, 15) is 0 Å². The molecule has 0 radical (unpaired) electrons. The number of nitrogens with one attached hydrogen (secondary N) is 1. The van der Waals surface area contributed by atoms with Gasteiger partial charge in [-0.25, -0.2) is 0 Å². The van der Waals surface area contributed by atoms with Crippen LogP contribution in [0, 0.1) is 5.92 Å². The van der Waals surface area contributed by atoms with E-state index < -0.39 is 0 Å². The van der Waals surface area contributed by atoms with Gasteiger partial charge in [-0.05, 0) is 56.2 Å². The second-order valence-electron chi connectivity index (χ2n) is 5.64. The van der Waals surface area contributed by atoms with Gasteiger partial charge in [0, 0.05) is 6.04 Å². The number of allylic oxidation sites excluding steroid dienone is 1. The fraction of sp³-hybridized carbons (Fsp3) is 0.529. The van der Waals surface area contributed by atoms with Crippen LogP contribution >= 0.6 is 0 Å². The highest BCUT2D eigenvalue weighted by Crippen LogP contribution is 2.34. The number of hydrogen-bond donors (Lipinski definition) is 1. The average molecular weight is 257 g/mol. The van der Waals surface area contributed by atoms with Crippen LogP contribution in [0.4, 0.5) is 0 Å². The molecule has 102 valence electrons. The monoisotopic (exact) mass is 257 g/mol. The molecule has 1 saturated heterocycles. The molecule has 0 spiro atoms. The first kappa shape index (κ1) is 12.7. The van der Waals surface area contributed by atoms with Crippen LogP contribution in [0.3, 0.4) is 0 Å². The van der Waals surface area contributed by atoms with Crippen molar-refractivity contribution in [3.8, 4) is 5.75 Å². The normalized spacial score (nSPS) is 26.5. The van der Waals surface area contributed by atoms with Crippen LogP contribution in [0.15, 0.2) is 35.9 Å². The third-order valence-corrected chi connectivity index (χ3v) is 4.51. The van der Waals surface area contributed by atoms with E-state index in [1.54, 1.807) is 12.7 Å². The number of ether oxygens (including phenoxy) is 1. The summed E-state index contributed by atoms with van der Waals surface area (Å²) in [6.07, 6.45) is 8.86. The fourth-order valence-electron chi connectivity index (χ4n) is 3.54. The number of hydrogen-bond acceptors (Lipinski definition) is 2. The lowest BCUT2D eigenvalue weighted by molar-refractivity contribution is 0.354. The lowest BCUT2D eigenvalue weighted by Crippen LogP contribution is -2.42. The van der Waals surface area contributed by atoms with Crippen molar-refractivity contribution in [1.82, 2.24) is 5.32 Å². The summed E-state index contributed by atoms with van der Waals surface area (Å²) in [5, 5.41) is 3.69. The van der Waals surface area contributed by atoms with E-state index in [-0.39, 0.29) is 0 Å².